The van der Waals surface area contributed by atoms with E-state index in [1.807, 2.05) is 0 Å². The summed E-state index contributed by atoms with van der Waals surface area (Å²) in [4.78, 5) is 10.2. The van der Waals surface area contributed by atoms with E-state index >= 15 is 0 Å². The van der Waals surface area contributed by atoms with E-state index in [1.54, 1.807) is 0 Å². The fourth-order valence-corrected chi connectivity index (χ4v) is 2.10. The Morgan fingerprint density at radius 1 is 1.38 bits per heavy atom. The van der Waals surface area contributed by atoms with Gasteiger partial charge in [0.05, 0.1) is 0 Å². The lowest BCUT2D eigenvalue weighted by Gasteiger charge is -2.14. The summed E-state index contributed by atoms with van der Waals surface area (Å²) in [7, 11) is -0.204. The summed E-state index contributed by atoms with van der Waals surface area (Å²) in [6, 6.07) is 0. The summed E-state index contributed by atoms with van der Waals surface area (Å²) in [6.45, 7) is 0. The van der Waals surface area contributed by atoms with Crippen LogP contribution < -0.4 is 4.74 Å². The summed E-state index contributed by atoms with van der Waals surface area (Å²) < 4.78 is 87.4. The van der Waals surface area contributed by atoms with Gasteiger partial charge in [-0.05, 0) is 9.91 Å². The molecule has 0 aliphatic carbocycles. The molecule has 0 N–H and O–H groups in total. The summed E-state index contributed by atoms with van der Waals surface area (Å²) in [5, 5.41) is 10.5. The van der Waals surface area contributed by atoms with E-state index in [9.17, 15) is 40.5 Å². The first-order valence-electron chi connectivity index (χ1n) is 4.50. The van der Waals surface area contributed by atoms with Crippen molar-refractivity contribution < 1.29 is 40.0 Å². The smallest absolute Gasteiger partial charge is 0.403 e. The number of halogens is 6. The van der Waals surface area contributed by atoms with Crippen LogP contribution in [0.5, 0.6) is 5.75 Å². The van der Waals surface area contributed by atoms with Crippen molar-refractivity contribution in [2.45, 2.75) is 17.7 Å². The monoisotopic (exact) mass is 356 g/mol. The van der Waals surface area contributed by atoms with Gasteiger partial charge in [-0.25, -0.2) is 17.2 Å². The van der Waals surface area contributed by atoms with Crippen LogP contribution in [0.15, 0.2) is 11.1 Å². The quantitative estimate of drug-likeness (QED) is 0.356. The molecule has 1 heterocycles. The highest BCUT2D eigenvalue weighted by molar-refractivity contribution is 8.13. The van der Waals surface area contributed by atoms with E-state index in [4.69, 9.17) is 10.7 Å². The third-order valence-electron chi connectivity index (χ3n) is 1.89. The Labute approximate surface area is 116 Å². The summed E-state index contributed by atoms with van der Waals surface area (Å²) >= 11 is 0. The van der Waals surface area contributed by atoms with E-state index in [1.165, 1.54) is 0 Å². The Kier molecular flexibility index (Phi) is 4.57. The zero-order valence-corrected chi connectivity index (χ0v) is 10.8. The lowest BCUT2D eigenvalue weighted by atomic mass is 10.2. The molecule has 0 amide bonds. The first kappa shape index (κ1) is 17.3. The molecule has 0 unspecified atom stereocenters. The Bertz CT molecular complexity index is 677. The highest BCUT2D eigenvalue weighted by Gasteiger charge is 2.41. The van der Waals surface area contributed by atoms with Gasteiger partial charge >= 0.3 is 12.2 Å². The van der Waals surface area contributed by atoms with Crippen molar-refractivity contribution in [3.8, 4) is 5.75 Å². The molecular weight excluding hydrogens is 355 g/mol. The van der Waals surface area contributed by atoms with Gasteiger partial charge < -0.3 is 14.9 Å². The zero-order valence-electron chi connectivity index (χ0n) is 9.27. The number of alkyl halides is 5. The molecule has 7 nitrogen and oxygen atoms in total. The van der Waals surface area contributed by atoms with Crippen LogP contribution in [0.2, 0.25) is 0 Å². The molecule has 0 spiro atoms. The zero-order chi connectivity index (χ0) is 16.6. The Balaban J connectivity index is 3.79. The van der Waals surface area contributed by atoms with E-state index < -0.39 is 48.8 Å². The van der Waals surface area contributed by atoms with Crippen molar-refractivity contribution in [3.05, 3.63) is 21.9 Å². The van der Waals surface area contributed by atoms with Crippen LogP contribution in [0.25, 0.3) is 0 Å². The molecule has 0 atom stereocenters. The predicted molar refractivity (Wildman–Crippen MR) is 55.6 cm³/mol. The van der Waals surface area contributed by atoms with E-state index in [2.05, 4.69) is 9.72 Å². The molecule has 118 valence electrons. The largest absolute Gasteiger partial charge is 0.573 e. The van der Waals surface area contributed by atoms with Crippen LogP contribution in [0, 0.1) is 10.1 Å². The molecule has 1 aromatic rings. The average Bonchev–Trinajstić information content (AvgIpc) is 2.23. The molecule has 0 saturated heterocycles. The van der Waals surface area contributed by atoms with Gasteiger partial charge in [0.1, 0.15) is 0 Å². The number of nitro groups is 1. The SMILES string of the molecule is O=[N+]([O-])c1ncc(S(=O)(=O)Cl)c(OC(F)(F)F)c1C(F)F. The fraction of sp³-hybridized carbons (Fsp3) is 0.286. The molecule has 0 aromatic carbocycles. The molecular formula is C7H2ClF5N2O5S. The average molecular weight is 357 g/mol. The van der Waals surface area contributed by atoms with Gasteiger partial charge in [0, 0.05) is 10.7 Å². The Morgan fingerprint density at radius 2 is 1.90 bits per heavy atom. The predicted octanol–water partition coefficient (Wildman–Crippen LogP) is 2.75. The highest BCUT2D eigenvalue weighted by atomic mass is 35.7. The van der Waals surface area contributed by atoms with E-state index in [0.717, 1.165) is 0 Å². The van der Waals surface area contributed by atoms with Crippen molar-refractivity contribution >= 4 is 25.6 Å². The molecule has 0 bridgehead atoms. The molecule has 0 aliphatic rings. The molecule has 0 aliphatic heterocycles. The second kappa shape index (κ2) is 5.55. The molecule has 21 heavy (non-hydrogen) atoms. The van der Waals surface area contributed by atoms with Crippen LogP contribution >= 0.6 is 10.7 Å². The fourth-order valence-electron chi connectivity index (χ4n) is 1.22. The molecule has 0 fully saturated rings. The minimum absolute atomic E-state index is 0.0212. The lowest BCUT2D eigenvalue weighted by Crippen LogP contribution is -2.20. The topological polar surface area (TPSA) is 99.4 Å². The molecule has 14 heteroatoms. The lowest BCUT2D eigenvalue weighted by molar-refractivity contribution is -0.391. The summed E-state index contributed by atoms with van der Waals surface area (Å²) in [5.74, 6) is -3.68. The van der Waals surface area contributed by atoms with Crippen LogP contribution in [0.4, 0.5) is 27.8 Å². The van der Waals surface area contributed by atoms with Crippen molar-refractivity contribution in [2.24, 2.45) is 0 Å². The first-order chi connectivity index (χ1) is 9.34. The van der Waals surface area contributed by atoms with Crippen LogP contribution in [-0.4, -0.2) is 24.7 Å². The van der Waals surface area contributed by atoms with Gasteiger partial charge in [-0.15, -0.1) is 13.2 Å². The Morgan fingerprint density at radius 3 is 2.24 bits per heavy atom. The summed E-state index contributed by atoms with van der Waals surface area (Å²) in [6.07, 6.45) is -9.43. The van der Waals surface area contributed by atoms with Gasteiger partial charge in [0.25, 0.3) is 15.5 Å². The van der Waals surface area contributed by atoms with Gasteiger partial charge in [-0.3, -0.25) is 0 Å². The summed E-state index contributed by atoms with van der Waals surface area (Å²) in [5.41, 5.74) is -1.95. The molecule has 0 saturated carbocycles. The van der Waals surface area contributed by atoms with Gasteiger partial charge in [0.2, 0.25) is 0 Å². The second-order valence-electron chi connectivity index (χ2n) is 3.23. The van der Waals surface area contributed by atoms with E-state index in [-0.39, 0.29) is 6.20 Å². The number of hydrogen-bond acceptors (Lipinski definition) is 6. The number of nitrogens with zero attached hydrogens (tertiary/aromatic N) is 2. The van der Waals surface area contributed by atoms with Gasteiger partial charge in [0.15, 0.2) is 22.4 Å². The number of aromatic nitrogens is 1. The third-order valence-corrected chi connectivity index (χ3v) is 3.20. The maximum atomic E-state index is 12.8. The van der Waals surface area contributed by atoms with Crippen LogP contribution in [0.1, 0.15) is 12.0 Å². The molecule has 1 aromatic heterocycles. The highest BCUT2D eigenvalue weighted by Crippen LogP contribution is 2.42. The van der Waals surface area contributed by atoms with Crippen molar-refractivity contribution in [1.29, 1.82) is 0 Å². The normalized spacial score (nSPS) is 12.5. The number of ether oxygens (including phenoxy) is 1. The first-order valence-corrected chi connectivity index (χ1v) is 6.81. The number of pyridine rings is 1. The minimum atomic E-state index is -5.59. The maximum Gasteiger partial charge on any atom is 0.573 e. The minimum Gasteiger partial charge on any atom is -0.403 e. The van der Waals surface area contributed by atoms with Crippen LogP contribution in [0.3, 0.4) is 0 Å². The van der Waals surface area contributed by atoms with Gasteiger partial charge in [-0.2, -0.15) is 0 Å². The van der Waals surface area contributed by atoms with Crippen molar-refractivity contribution in [1.82, 2.24) is 4.98 Å². The van der Waals surface area contributed by atoms with E-state index in [0.29, 0.717) is 0 Å². The number of hydrogen-bond donors (Lipinski definition) is 0. The van der Waals surface area contributed by atoms with Crippen molar-refractivity contribution in [2.75, 3.05) is 0 Å². The Hall–Kier alpha value is -1.76. The third kappa shape index (κ3) is 4.10. The van der Waals surface area contributed by atoms with Crippen molar-refractivity contribution in [3.63, 3.8) is 0 Å². The standard InChI is InChI=1S/C7H2ClF5N2O5S/c8-21(18,19)2-1-14-6(15(16)17)3(5(9)10)4(2)20-7(11,12)13/h1,5H. The molecule has 1 rings (SSSR count). The maximum absolute atomic E-state index is 12.8. The number of rotatable bonds is 4. The second-order valence-corrected chi connectivity index (χ2v) is 5.77. The molecule has 0 radical (unpaired) electrons. The van der Waals surface area contributed by atoms with Crippen LogP contribution in [-0.2, 0) is 9.05 Å². The van der Waals surface area contributed by atoms with Gasteiger partial charge in [-0.1, -0.05) is 0 Å².